The molecule has 0 aliphatic heterocycles. The lowest BCUT2D eigenvalue weighted by Crippen LogP contribution is -2.02. The second-order valence-electron chi connectivity index (χ2n) is 4.69. The molecule has 21 heavy (non-hydrogen) atoms. The van der Waals surface area contributed by atoms with Gasteiger partial charge in [-0.25, -0.2) is 4.98 Å². The fourth-order valence-electron chi connectivity index (χ4n) is 2.26. The fourth-order valence-corrected chi connectivity index (χ4v) is 2.26. The van der Waals surface area contributed by atoms with Gasteiger partial charge < -0.3 is 9.67 Å². The molecule has 0 saturated carbocycles. The minimum absolute atomic E-state index is 0.228. The van der Waals surface area contributed by atoms with Crippen LogP contribution in [0, 0.1) is 11.3 Å². The molecule has 0 amide bonds. The Kier molecular flexibility index (Phi) is 3.40. The van der Waals surface area contributed by atoms with Gasteiger partial charge in [0.15, 0.2) is 0 Å². The maximum atomic E-state index is 9.36. The van der Waals surface area contributed by atoms with Crippen molar-refractivity contribution in [3.05, 3.63) is 72.1 Å². The smallest absolute Gasteiger partial charge is 0.140 e. The van der Waals surface area contributed by atoms with E-state index in [-0.39, 0.29) is 5.75 Å². The number of imidazole rings is 1. The van der Waals surface area contributed by atoms with Gasteiger partial charge in [0.25, 0.3) is 0 Å². The zero-order valence-corrected chi connectivity index (χ0v) is 11.3. The predicted octanol–water partition coefficient (Wildman–Crippen LogP) is 3.18. The van der Waals surface area contributed by atoms with E-state index in [1.807, 2.05) is 47.2 Å². The molecule has 1 N–H and O–H groups in total. The van der Waals surface area contributed by atoms with E-state index in [0.29, 0.717) is 12.1 Å². The number of aromatic nitrogens is 2. The van der Waals surface area contributed by atoms with Gasteiger partial charge in [0.05, 0.1) is 18.2 Å². The monoisotopic (exact) mass is 275 g/mol. The number of benzene rings is 2. The Bertz CT molecular complexity index is 797. The molecular weight excluding hydrogens is 262 g/mol. The molecule has 0 spiro atoms. The summed E-state index contributed by atoms with van der Waals surface area (Å²) in [4.78, 5) is 4.37. The van der Waals surface area contributed by atoms with Crippen molar-refractivity contribution in [2.45, 2.75) is 6.54 Å². The van der Waals surface area contributed by atoms with Gasteiger partial charge >= 0.3 is 0 Å². The quantitative estimate of drug-likeness (QED) is 0.798. The van der Waals surface area contributed by atoms with Crippen molar-refractivity contribution in [3.63, 3.8) is 0 Å². The fraction of sp³-hybridized carbons (Fsp3) is 0.0588. The molecule has 4 nitrogen and oxygen atoms in total. The number of hydrogen-bond donors (Lipinski definition) is 1. The molecule has 0 aliphatic carbocycles. The number of nitriles is 1. The van der Waals surface area contributed by atoms with Crippen LogP contribution in [-0.2, 0) is 6.54 Å². The van der Waals surface area contributed by atoms with Gasteiger partial charge in [0.1, 0.15) is 11.6 Å². The third-order valence-electron chi connectivity index (χ3n) is 3.32. The van der Waals surface area contributed by atoms with E-state index in [1.165, 1.54) is 0 Å². The van der Waals surface area contributed by atoms with Crippen LogP contribution in [0.3, 0.4) is 0 Å². The van der Waals surface area contributed by atoms with Gasteiger partial charge in [-0.1, -0.05) is 18.2 Å². The summed E-state index contributed by atoms with van der Waals surface area (Å²) in [6.07, 6.45) is 3.62. The zero-order chi connectivity index (χ0) is 14.7. The number of nitrogens with zero attached hydrogens (tertiary/aromatic N) is 3. The third-order valence-corrected chi connectivity index (χ3v) is 3.32. The maximum absolute atomic E-state index is 9.36. The standard InChI is InChI=1S/C17H13N3O/c18-11-14-3-1-2-4-15(14)12-20-10-9-19-17(20)13-5-7-16(21)8-6-13/h1-10,21H,12H2. The van der Waals surface area contributed by atoms with Gasteiger partial charge in [0.2, 0.25) is 0 Å². The van der Waals surface area contributed by atoms with Crippen LogP contribution >= 0.6 is 0 Å². The Morgan fingerprint density at radius 3 is 2.62 bits per heavy atom. The highest BCUT2D eigenvalue weighted by molar-refractivity contribution is 5.57. The Balaban J connectivity index is 1.96. The molecule has 1 heterocycles. The van der Waals surface area contributed by atoms with Crippen molar-refractivity contribution in [1.82, 2.24) is 9.55 Å². The molecule has 3 aromatic rings. The van der Waals surface area contributed by atoms with E-state index in [9.17, 15) is 5.11 Å². The van der Waals surface area contributed by atoms with Crippen molar-refractivity contribution in [1.29, 1.82) is 5.26 Å². The van der Waals surface area contributed by atoms with E-state index >= 15 is 0 Å². The predicted molar refractivity (Wildman–Crippen MR) is 79.6 cm³/mol. The van der Waals surface area contributed by atoms with Crippen molar-refractivity contribution < 1.29 is 5.11 Å². The molecule has 2 aromatic carbocycles. The molecule has 0 saturated heterocycles. The summed E-state index contributed by atoms with van der Waals surface area (Å²) in [5.41, 5.74) is 2.55. The van der Waals surface area contributed by atoms with Gasteiger partial charge in [-0.3, -0.25) is 0 Å². The van der Waals surface area contributed by atoms with E-state index in [1.54, 1.807) is 18.3 Å². The molecule has 0 radical (unpaired) electrons. The highest BCUT2D eigenvalue weighted by atomic mass is 16.3. The second-order valence-corrected chi connectivity index (χ2v) is 4.69. The molecule has 0 aliphatic rings. The maximum Gasteiger partial charge on any atom is 0.140 e. The van der Waals surface area contributed by atoms with Crippen LogP contribution in [0.4, 0.5) is 0 Å². The molecule has 0 fully saturated rings. The average Bonchev–Trinajstić information content (AvgIpc) is 2.97. The minimum Gasteiger partial charge on any atom is -0.508 e. The molecule has 4 heteroatoms. The third kappa shape index (κ3) is 2.63. The highest BCUT2D eigenvalue weighted by Crippen LogP contribution is 2.21. The number of phenols is 1. The van der Waals surface area contributed by atoms with Gasteiger partial charge in [-0.2, -0.15) is 5.26 Å². The zero-order valence-electron chi connectivity index (χ0n) is 11.3. The van der Waals surface area contributed by atoms with E-state index in [4.69, 9.17) is 5.26 Å². The minimum atomic E-state index is 0.228. The SMILES string of the molecule is N#Cc1ccccc1Cn1ccnc1-c1ccc(O)cc1. The molecule has 1 aromatic heterocycles. The second kappa shape index (κ2) is 5.51. The first-order valence-corrected chi connectivity index (χ1v) is 6.56. The first kappa shape index (κ1) is 12.9. The van der Waals surface area contributed by atoms with Crippen LogP contribution in [0.2, 0.25) is 0 Å². The summed E-state index contributed by atoms with van der Waals surface area (Å²) in [7, 11) is 0. The van der Waals surface area contributed by atoms with Crippen molar-refractivity contribution in [2.24, 2.45) is 0 Å². The number of aromatic hydroxyl groups is 1. The van der Waals surface area contributed by atoms with Crippen LogP contribution in [-0.4, -0.2) is 14.7 Å². The van der Waals surface area contributed by atoms with Crippen molar-refractivity contribution >= 4 is 0 Å². The average molecular weight is 275 g/mol. The lowest BCUT2D eigenvalue weighted by molar-refractivity contribution is 0.475. The van der Waals surface area contributed by atoms with Crippen LogP contribution < -0.4 is 0 Å². The topological polar surface area (TPSA) is 61.8 Å². The molecule has 102 valence electrons. The van der Waals surface area contributed by atoms with Crippen molar-refractivity contribution in [2.75, 3.05) is 0 Å². The molecule has 0 bridgehead atoms. The van der Waals surface area contributed by atoms with Gasteiger partial charge in [-0.15, -0.1) is 0 Å². The molecular formula is C17H13N3O. The van der Waals surface area contributed by atoms with E-state index < -0.39 is 0 Å². The number of rotatable bonds is 3. The van der Waals surface area contributed by atoms with E-state index in [0.717, 1.165) is 17.0 Å². The van der Waals surface area contributed by atoms with Crippen LogP contribution in [0.25, 0.3) is 11.4 Å². The highest BCUT2D eigenvalue weighted by Gasteiger charge is 2.08. The normalized spacial score (nSPS) is 10.2. The Morgan fingerprint density at radius 1 is 1.10 bits per heavy atom. The summed E-state index contributed by atoms with van der Waals surface area (Å²) in [6, 6.07) is 16.7. The Morgan fingerprint density at radius 2 is 1.86 bits per heavy atom. The van der Waals surface area contributed by atoms with Crippen molar-refractivity contribution in [3.8, 4) is 23.2 Å². The first-order valence-electron chi connectivity index (χ1n) is 6.56. The molecule has 0 atom stereocenters. The molecule has 3 rings (SSSR count). The summed E-state index contributed by atoms with van der Waals surface area (Å²) in [5, 5.41) is 18.5. The number of phenolic OH excluding ortho intramolecular Hbond substituents is 1. The summed E-state index contributed by atoms with van der Waals surface area (Å²) in [5.74, 6) is 1.04. The Labute approximate surface area is 122 Å². The Hall–Kier alpha value is -3.06. The van der Waals surface area contributed by atoms with E-state index in [2.05, 4.69) is 11.1 Å². The largest absolute Gasteiger partial charge is 0.508 e. The van der Waals surface area contributed by atoms with Gasteiger partial charge in [0, 0.05) is 18.0 Å². The number of hydrogen-bond acceptors (Lipinski definition) is 3. The summed E-state index contributed by atoms with van der Waals surface area (Å²) in [6.45, 7) is 0.583. The first-order chi connectivity index (χ1) is 10.3. The van der Waals surface area contributed by atoms with Gasteiger partial charge in [-0.05, 0) is 35.9 Å². The summed E-state index contributed by atoms with van der Waals surface area (Å²) >= 11 is 0. The lowest BCUT2D eigenvalue weighted by atomic mass is 10.1. The van der Waals surface area contributed by atoms with Crippen LogP contribution in [0.15, 0.2) is 60.9 Å². The van der Waals surface area contributed by atoms with Crippen LogP contribution in [0.1, 0.15) is 11.1 Å². The van der Waals surface area contributed by atoms with Crippen LogP contribution in [0.5, 0.6) is 5.75 Å². The summed E-state index contributed by atoms with van der Waals surface area (Å²) < 4.78 is 1.99. The lowest BCUT2D eigenvalue weighted by Gasteiger charge is -2.09. The molecule has 0 unspecified atom stereocenters.